The molecule has 106 valence electrons. The predicted octanol–water partition coefficient (Wildman–Crippen LogP) is 3.42. The maximum atomic E-state index is 5.32. The highest BCUT2D eigenvalue weighted by Gasteiger charge is 2.18. The summed E-state index contributed by atoms with van der Waals surface area (Å²) in [5, 5.41) is 7.49. The van der Waals surface area contributed by atoms with E-state index in [1.54, 1.807) is 11.8 Å². The van der Waals surface area contributed by atoms with E-state index in [0.29, 0.717) is 6.04 Å². The highest BCUT2D eigenvalue weighted by atomic mass is 79.9. The maximum Gasteiger partial charge on any atom is 0.228 e. The van der Waals surface area contributed by atoms with Crippen LogP contribution in [-0.4, -0.2) is 22.7 Å². The summed E-state index contributed by atoms with van der Waals surface area (Å²) in [7, 11) is 0. The molecule has 6 heteroatoms. The number of rotatable bonds is 5. The molecule has 1 unspecified atom stereocenters. The number of halogens is 1. The lowest BCUT2D eigenvalue weighted by Gasteiger charge is -2.04. The molecular weight excluding hydrogens is 338 g/mol. The Hall–Kier alpha value is -0.850. The zero-order valence-electron chi connectivity index (χ0n) is 11.0. The summed E-state index contributed by atoms with van der Waals surface area (Å²) in [4.78, 5) is 5.66. The molecule has 2 aromatic rings. The van der Waals surface area contributed by atoms with Gasteiger partial charge in [-0.05, 0) is 47.4 Å². The van der Waals surface area contributed by atoms with E-state index in [1.807, 2.05) is 18.2 Å². The summed E-state index contributed by atoms with van der Waals surface area (Å²) in [6.45, 7) is 1.10. The molecule has 2 heterocycles. The molecule has 4 nitrogen and oxygen atoms in total. The number of hydrogen-bond acceptors (Lipinski definition) is 5. The smallest absolute Gasteiger partial charge is 0.228 e. The lowest BCUT2D eigenvalue weighted by molar-refractivity contribution is 0.361. The third kappa shape index (κ3) is 3.62. The Morgan fingerprint density at radius 2 is 2.30 bits per heavy atom. The molecule has 0 aliphatic carbocycles. The molecule has 0 amide bonds. The summed E-state index contributed by atoms with van der Waals surface area (Å²) in [6, 6.07) is 8.66. The third-order valence-corrected chi connectivity index (χ3v) is 5.31. The number of thioether (sulfide) groups is 1. The number of hydrogen-bond donors (Lipinski definition) is 1. The summed E-state index contributed by atoms with van der Waals surface area (Å²) in [5.74, 6) is 2.23. The van der Waals surface area contributed by atoms with E-state index in [1.165, 1.54) is 17.7 Å². The van der Waals surface area contributed by atoms with Crippen LogP contribution in [0.4, 0.5) is 0 Å². The monoisotopic (exact) mass is 353 g/mol. The molecule has 0 radical (unpaired) electrons. The van der Waals surface area contributed by atoms with Crippen molar-refractivity contribution in [2.75, 3.05) is 6.54 Å². The minimum atomic E-state index is 0.499. The Labute approximate surface area is 130 Å². The average Bonchev–Trinajstić information content (AvgIpc) is 3.10. The van der Waals surface area contributed by atoms with Crippen molar-refractivity contribution >= 4 is 27.7 Å². The number of aromatic nitrogens is 2. The predicted molar refractivity (Wildman–Crippen MR) is 82.7 cm³/mol. The van der Waals surface area contributed by atoms with E-state index in [4.69, 9.17) is 4.52 Å². The van der Waals surface area contributed by atoms with Gasteiger partial charge in [0.05, 0.1) is 5.75 Å². The van der Waals surface area contributed by atoms with Crippen LogP contribution in [0.15, 0.2) is 38.2 Å². The van der Waals surface area contributed by atoms with Gasteiger partial charge in [0.25, 0.3) is 0 Å². The Balaban J connectivity index is 1.56. The van der Waals surface area contributed by atoms with Crippen LogP contribution in [0.3, 0.4) is 0 Å². The van der Waals surface area contributed by atoms with Gasteiger partial charge in [-0.2, -0.15) is 4.98 Å². The van der Waals surface area contributed by atoms with E-state index in [9.17, 15) is 0 Å². The Kier molecular flexibility index (Phi) is 4.75. The molecule has 1 saturated heterocycles. The third-order valence-electron chi connectivity index (χ3n) is 3.29. The molecule has 1 aromatic heterocycles. The van der Waals surface area contributed by atoms with Gasteiger partial charge in [0.2, 0.25) is 5.89 Å². The summed E-state index contributed by atoms with van der Waals surface area (Å²) in [6.07, 6.45) is 3.28. The second kappa shape index (κ2) is 6.74. The largest absolute Gasteiger partial charge is 0.339 e. The highest BCUT2D eigenvalue weighted by molar-refractivity contribution is 9.10. The molecule has 20 heavy (non-hydrogen) atoms. The van der Waals surface area contributed by atoms with Gasteiger partial charge < -0.3 is 9.84 Å². The number of nitrogens with zero attached hydrogens (tertiary/aromatic N) is 2. The molecule has 0 saturated carbocycles. The standard InChI is InChI=1S/C14H16BrN3OS/c15-11-5-1-2-6-12(11)20-9-13-17-14(19-18-13)8-10-4-3-7-16-10/h1-2,5-6,10,16H,3-4,7-9H2. The van der Waals surface area contributed by atoms with E-state index < -0.39 is 0 Å². The van der Waals surface area contributed by atoms with Crippen molar-refractivity contribution in [3.8, 4) is 0 Å². The van der Waals surface area contributed by atoms with Crippen LogP contribution in [0.5, 0.6) is 0 Å². The van der Waals surface area contributed by atoms with Crippen LogP contribution in [0.2, 0.25) is 0 Å². The first-order chi connectivity index (χ1) is 9.81. The van der Waals surface area contributed by atoms with E-state index >= 15 is 0 Å². The molecule has 3 rings (SSSR count). The Morgan fingerprint density at radius 1 is 1.40 bits per heavy atom. The number of nitrogens with one attached hydrogen (secondary N) is 1. The van der Waals surface area contributed by atoms with E-state index in [0.717, 1.165) is 34.9 Å². The normalized spacial score (nSPS) is 18.6. The van der Waals surface area contributed by atoms with Gasteiger partial charge in [-0.15, -0.1) is 11.8 Å². The minimum Gasteiger partial charge on any atom is -0.339 e. The average molecular weight is 354 g/mol. The lowest BCUT2D eigenvalue weighted by atomic mass is 10.2. The van der Waals surface area contributed by atoms with Gasteiger partial charge in [-0.3, -0.25) is 0 Å². The Morgan fingerprint density at radius 3 is 3.10 bits per heavy atom. The molecule has 1 N–H and O–H groups in total. The first kappa shape index (κ1) is 14.1. The fourth-order valence-corrected chi connectivity index (χ4v) is 3.69. The van der Waals surface area contributed by atoms with Crippen molar-refractivity contribution in [1.29, 1.82) is 0 Å². The van der Waals surface area contributed by atoms with Crippen molar-refractivity contribution in [2.24, 2.45) is 0 Å². The van der Waals surface area contributed by atoms with Crippen LogP contribution >= 0.6 is 27.7 Å². The molecule has 1 fully saturated rings. The second-order valence-corrected chi connectivity index (χ2v) is 6.69. The van der Waals surface area contributed by atoms with Crippen molar-refractivity contribution in [1.82, 2.24) is 15.5 Å². The van der Waals surface area contributed by atoms with E-state index in [-0.39, 0.29) is 0 Å². The fraction of sp³-hybridized carbons (Fsp3) is 0.429. The van der Waals surface area contributed by atoms with Crippen molar-refractivity contribution in [3.63, 3.8) is 0 Å². The van der Waals surface area contributed by atoms with Crippen LogP contribution < -0.4 is 5.32 Å². The molecule has 1 aliphatic heterocycles. The van der Waals surface area contributed by atoms with Gasteiger partial charge in [-0.1, -0.05) is 17.3 Å². The van der Waals surface area contributed by atoms with Gasteiger partial charge in [-0.25, -0.2) is 0 Å². The zero-order chi connectivity index (χ0) is 13.8. The minimum absolute atomic E-state index is 0.499. The second-order valence-electron chi connectivity index (χ2n) is 4.82. The van der Waals surface area contributed by atoms with Crippen molar-refractivity contribution in [2.45, 2.75) is 36.0 Å². The van der Waals surface area contributed by atoms with Crippen LogP contribution in [0.25, 0.3) is 0 Å². The van der Waals surface area contributed by atoms with Crippen LogP contribution in [0, 0.1) is 0 Å². The van der Waals surface area contributed by atoms with Crippen LogP contribution in [0.1, 0.15) is 24.6 Å². The molecule has 1 atom stereocenters. The van der Waals surface area contributed by atoms with Crippen molar-refractivity contribution in [3.05, 3.63) is 40.5 Å². The zero-order valence-corrected chi connectivity index (χ0v) is 13.4. The maximum absolute atomic E-state index is 5.32. The number of benzene rings is 1. The molecule has 0 bridgehead atoms. The molecule has 0 spiro atoms. The van der Waals surface area contributed by atoms with Crippen molar-refractivity contribution < 1.29 is 4.52 Å². The SMILES string of the molecule is Brc1ccccc1SCc1noc(CC2CCCN2)n1. The van der Waals surface area contributed by atoms with Gasteiger partial charge in [0, 0.05) is 21.8 Å². The lowest BCUT2D eigenvalue weighted by Crippen LogP contribution is -2.23. The fourth-order valence-electron chi connectivity index (χ4n) is 2.28. The summed E-state index contributed by atoms with van der Waals surface area (Å²) < 4.78 is 6.42. The van der Waals surface area contributed by atoms with E-state index in [2.05, 4.69) is 37.5 Å². The molecule has 1 aromatic carbocycles. The molecular formula is C14H16BrN3OS. The quantitative estimate of drug-likeness (QED) is 0.834. The summed E-state index contributed by atoms with van der Waals surface area (Å²) in [5.41, 5.74) is 0. The highest BCUT2D eigenvalue weighted by Crippen LogP contribution is 2.29. The van der Waals surface area contributed by atoms with Gasteiger partial charge in [0.15, 0.2) is 5.82 Å². The first-order valence-electron chi connectivity index (χ1n) is 6.73. The molecule has 1 aliphatic rings. The summed E-state index contributed by atoms with van der Waals surface area (Å²) >= 11 is 5.25. The Bertz CT molecular complexity index is 569. The topological polar surface area (TPSA) is 51.0 Å². The first-order valence-corrected chi connectivity index (χ1v) is 8.51. The van der Waals surface area contributed by atoms with Crippen LogP contribution in [-0.2, 0) is 12.2 Å². The van der Waals surface area contributed by atoms with Gasteiger partial charge in [0.1, 0.15) is 0 Å². The van der Waals surface area contributed by atoms with Gasteiger partial charge >= 0.3 is 0 Å².